The van der Waals surface area contributed by atoms with Crippen LogP contribution in [-0.4, -0.2) is 132 Å². The number of aromatic nitrogens is 1. The molecule has 392 valence electrons. The number of aliphatic hydroxyl groups excluding tert-OH is 1. The van der Waals surface area contributed by atoms with E-state index in [-0.39, 0.29) is 55.6 Å². The second-order valence-corrected chi connectivity index (χ2v) is 21.1. The lowest BCUT2D eigenvalue weighted by Gasteiger charge is -2.47. The molecule has 71 heavy (non-hydrogen) atoms. The van der Waals surface area contributed by atoms with E-state index in [9.17, 15) is 29.4 Å². The number of ether oxygens (including phenoxy) is 5. The number of hydrogen-bond donors (Lipinski definition) is 2. The smallest absolute Gasteiger partial charge is 0.329 e. The number of benzene rings is 1. The maximum atomic E-state index is 14.7. The number of carbonyl (C=O) groups is 4. The van der Waals surface area contributed by atoms with Crippen LogP contribution in [0.25, 0.3) is 10.9 Å². The zero-order valence-corrected chi connectivity index (χ0v) is 43.9. The number of rotatable bonds is 12. The number of esters is 1. The molecule has 2 aromatic rings. The highest BCUT2D eigenvalue weighted by atomic mass is 16.7. The number of aliphatic hydroxyl groups is 2. The number of ketones is 2. The fourth-order valence-corrected chi connectivity index (χ4v) is 11.9. The Morgan fingerprint density at radius 2 is 1.69 bits per heavy atom. The number of nitrogens with zero attached hydrogens (tertiary/aromatic N) is 3. The largest absolute Gasteiger partial charge is 0.456 e. The van der Waals surface area contributed by atoms with Crippen LogP contribution in [0.1, 0.15) is 112 Å². The number of cyclic esters (lactones) is 1. The first-order chi connectivity index (χ1) is 33.9. The van der Waals surface area contributed by atoms with Crippen molar-refractivity contribution in [2.75, 3.05) is 39.3 Å². The Bertz CT molecular complexity index is 2250. The van der Waals surface area contributed by atoms with E-state index in [0.29, 0.717) is 50.7 Å². The lowest BCUT2D eigenvalue weighted by atomic mass is 9.80. The van der Waals surface area contributed by atoms with Gasteiger partial charge in [0.15, 0.2) is 0 Å². The molecule has 14 heteroatoms. The number of methoxy groups -OCH3 is 2. The van der Waals surface area contributed by atoms with Crippen LogP contribution in [0.2, 0.25) is 0 Å². The zero-order chi connectivity index (χ0) is 51.7. The SMILES string of the molecule is C=CCC1/C=C(\C)CC(C)CC(OC)C2OC(O)(C(=O)C(=O)N3CCCCC3C(=O)OC(C(C)=CC3CCC(N(C)c4ccc5c(ccn5CC=C)c4)C(OCC)C3)C(C)C(O)CC1=O)C(C)CC2OC. The van der Waals surface area contributed by atoms with Gasteiger partial charge < -0.3 is 48.3 Å². The van der Waals surface area contributed by atoms with Crippen LogP contribution in [0.15, 0.2) is 79.1 Å². The fraction of sp³-hybridized carbons (Fsp3) is 0.649. The van der Waals surface area contributed by atoms with E-state index in [2.05, 4.69) is 73.1 Å². The van der Waals surface area contributed by atoms with Gasteiger partial charge >= 0.3 is 5.97 Å². The molecule has 2 bridgehead atoms. The maximum absolute atomic E-state index is 14.7. The molecule has 2 saturated heterocycles. The summed E-state index contributed by atoms with van der Waals surface area (Å²) in [6.07, 6.45) is 10.5. The molecule has 1 saturated carbocycles. The molecule has 3 aliphatic heterocycles. The van der Waals surface area contributed by atoms with Crippen LogP contribution in [0.3, 0.4) is 0 Å². The number of amides is 1. The second-order valence-electron chi connectivity index (χ2n) is 21.1. The van der Waals surface area contributed by atoms with E-state index >= 15 is 0 Å². The van der Waals surface area contributed by atoms with Crippen molar-refractivity contribution in [3.63, 3.8) is 0 Å². The summed E-state index contributed by atoms with van der Waals surface area (Å²) in [4.78, 5) is 61.3. The van der Waals surface area contributed by atoms with Gasteiger partial charge in [0.2, 0.25) is 5.79 Å². The highest BCUT2D eigenvalue weighted by Gasteiger charge is 2.56. The molecule has 4 heterocycles. The Labute approximate surface area is 422 Å². The summed E-state index contributed by atoms with van der Waals surface area (Å²) >= 11 is 0. The van der Waals surface area contributed by atoms with Gasteiger partial charge in [-0.1, -0.05) is 50.6 Å². The molecule has 6 rings (SSSR count). The zero-order valence-electron chi connectivity index (χ0n) is 43.9. The maximum Gasteiger partial charge on any atom is 0.329 e. The molecule has 2 N–H and O–H groups in total. The number of anilines is 1. The van der Waals surface area contributed by atoms with Gasteiger partial charge in [-0.3, -0.25) is 14.4 Å². The summed E-state index contributed by atoms with van der Waals surface area (Å²) in [5.41, 5.74) is 3.92. The van der Waals surface area contributed by atoms with Gasteiger partial charge in [0, 0.05) is 87.9 Å². The number of piperidine rings is 1. The molecule has 14 unspecified atom stereocenters. The predicted octanol–water partition coefficient (Wildman–Crippen LogP) is 8.31. The lowest BCUT2D eigenvalue weighted by Crippen LogP contribution is -2.64. The van der Waals surface area contributed by atoms with Crippen molar-refractivity contribution in [2.45, 2.75) is 173 Å². The molecule has 1 aromatic heterocycles. The first-order valence-corrected chi connectivity index (χ1v) is 26.1. The standard InChI is InChI=1S/C57H83N3O11/c1-12-17-42-28-35(4)27-36(5)29-50(67-10)53-51(68-11)31-38(7)57(66,71-53)54(63)55(64)60-25-16-15-18-46(60)56(65)70-52(39(8)47(61)34-48(42)62)37(6)30-40-19-21-45(49(32-40)69-14-3)58(9)43-20-22-44-41(33-43)23-26-59(44)24-13-2/h12-13,20,22-23,26,28,30,33,36,38-40,42,45-47,49-53,61,66H,1-2,14-19,21,24-25,27,29,31-32,34H2,3-11H3/b35-28+,37-30?. The highest BCUT2D eigenvalue weighted by Crippen LogP contribution is 2.40. The highest BCUT2D eigenvalue weighted by molar-refractivity contribution is 6.39. The first kappa shape index (κ1) is 55.9. The van der Waals surface area contributed by atoms with E-state index < -0.39 is 77.8 Å². The van der Waals surface area contributed by atoms with E-state index in [1.807, 2.05) is 32.9 Å². The minimum absolute atomic E-state index is 0.00495. The first-order valence-electron chi connectivity index (χ1n) is 26.1. The van der Waals surface area contributed by atoms with E-state index in [0.717, 1.165) is 41.5 Å². The fourth-order valence-electron chi connectivity index (χ4n) is 11.9. The van der Waals surface area contributed by atoms with Crippen molar-refractivity contribution in [1.82, 2.24) is 9.47 Å². The van der Waals surface area contributed by atoms with Gasteiger partial charge in [-0.2, -0.15) is 0 Å². The minimum atomic E-state index is -2.52. The van der Waals surface area contributed by atoms with Crippen LogP contribution in [0.5, 0.6) is 0 Å². The molecule has 1 aromatic carbocycles. The van der Waals surface area contributed by atoms with E-state index in [4.69, 9.17) is 23.7 Å². The van der Waals surface area contributed by atoms with E-state index in [1.165, 1.54) is 19.1 Å². The van der Waals surface area contributed by atoms with Crippen molar-refractivity contribution in [2.24, 2.45) is 29.6 Å². The second kappa shape index (κ2) is 25.0. The molecule has 1 aliphatic carbocycles. The summed E-state index contributed by atoms with van der Waals surface area (Å²) < 4.78 is 33.3. The van der Waals surface area contributed by atoms with Gasteiger partial charge in [0.05, 0.1) is 30.5 Å². The van der Waals surface area contributed by atoms with Crippen LogP contribution >= 0.6 is 0 Å². The predicted molar refractivity (Wildman–Crippen MR) is 276 cm³/mol. The summed E-state index contributed by atoms with van der Waals surface area (Å²) in [7, 11) is 5.20. The van der Waals surface area contributed by atoms with Gasteiger partial charge in [-0.05, 0) is 127 Å². The quantitative estimate of drug-likeness (QED) is 0.119. The topological polar surface area (TPSA) is 166 Å². The van der Waals surface area contributed by atoms with Crippen molar-refractivity contribution in [1.29, 1.82) is 0 Å². The van der Waals surface area contributed by atoms with Crippen molar-refractivity contribution in [3.05, 3.63) is 79.1 Å². The third-order valence-corrected chi connectivity index (χ3v) is 15.9. The Morgan fingerprint density at radius 3 is 2.38 bits per heavy atom. The monoisotopic (exact) mass is 986 g/mol. The lowest BCUT2D eigenvalue weighted by molar-refractivity contribution is -0.302. The average Bonchev–Trinajstić information content (AvgIpc) is 3.76. The number of likely N-dealkylation sites (N-methyl/N-ethyl adjacent to an activating group) is 1. The molecular formula is C57H83N3O11. The van der Waals surface area contributed by atoms with Crippen LogP contribution in [0.4, 0.5) is 5.69 Å². The molecule has 0 radical (unpaired) electrons. The number of Topliss-reactive ketones (excluding diaryl/α,β-unsaturated/α-hetero) is 2. The minimum Gasteiger partial charge on any atom is -0.456 e. The normalized spacial score (nSPS) is 35.2. The van der Waals surface area contributed by atoms with Crippen LogP contribution < -0.4 is 4.90 Å². The van der Waals surface area contributed by atoms with Gasteiger partial charge in [-0.15, -0.1) is 13.2 Å². The molecule has 1 amide bonds. The third-order valence-electron chi connectivity index (χ3n) is 15.9. The Balaban J connectivity index is 1.32. The molecule has 14 nitrogen and oxygen atoms in total. The molecule has 0 spiro atoms. The third kappa shape index (κ3) is 12.9. The Kier molecular flexibility index (Phi) is 19.7. The molecule has 4 aliphatic rings. The van der Waals surface area contributed by atoms with Crippen LogP contribution in [0, 0.1) is 29.6 Å². The van der Waals surface area contributed by atoms with Gasteiger partial charge in [0.1, 0.15) is 24.0 Å². The average molecular weight is 986 g/mol. The van der Waals surface area contributed by atoms with Gasteiger partial charge in [0.25, 0.3) is 11.7 Å². The number of hydrogen-bond acceptors (Lipinski definition) is 12. The molecular weight excluding hydrogens is 903 g/mol. The number of carbonyl (C=O) groups excluding carboxylic acids is 4. The Hall–Kier alpha value is -4.44. The van der Waals surface area contributed by atoms with E-state index in [1.54, 1.807) is 19.9 Å². The summed E-state index contributed by atoms with van der Waals surface area (Å²) in [5.74, 6) is -7.67. The Morgan fingerprint density at radius 1 is 0.958 bits per heavy atom. The summed E-state index contributed by atoms with van der Waals surface area (Å²) in [6, 6.07) is 7.60. The van der Waals surface area contributed by atoms with Crippen molar-refractivity contribution >= 4 is 40.0 Å². The summed E-state index contributed by atoms with van der Waals surface area (Å²) in [6.45, 7) is 20.5. The van der Waals surface area contributed by atoms with Crippen molar-refractivity contribution in [3.8, 4) is 0 Å². The van der Waals surface area contributed by atoms with Crippen molar-refractivity contribution < 1.29 is 53.1 Å². The molecule has 3 fully saturated rings. The summed E-state index contributed by atoms with van der Waals surface area (Å²) in [5, 5.41) is 25.4. The number of fused-ring (bicyclic) bond motifs is 4. The number of allylic oxidation sites excluding steroid dienone is 5. The van der Waals surface area contributed by atoms with Gasteiger partial charge in [-0.25, -0.2) is 4.79 Å². The van der Waals surface area contributed by atoms with Crippen LogP contribution in [-0.2, 0) is 49.4 Å². The molecule has 14 atom stereocenters.